The Kier molecular flexibility index (Phi) is 5.75. The monoisotopic (exact) mass is 493 g/mol. The molecule has 3 aliphatic heterocycles. The van der Waals surface area contributed by atoms with Gasteiger partial charge < -0.3 is 15.1 Å². The normalized spacial score (nSPS) is 32.1. The lowest BCUT2D eigenvalue weighted by Gasteiger charge is -2.38. The number of imide groups is 1. The van der Waals surface area contributed by atoms with E-state index in [1.165, 1.54) is 14.7 Å². The summed E-state index contributed by atoms with van der Waals surface area (Å²) in [5.41, 5.74) is 1.10. The number of carbonyl (C=O) groups excluding carboxylic acids is 3. The number of halogens is 1. The predicted octanol–water partition coefficient (Wildman–Crippen LogP) is 0.573. The second-order valence-electron chi connectivity index (χ2n) is 9.45. The van der Waals surface area contributed by atoms with Crippen molar-refractivity contribution in [3.05, 3.63) is 35.9 Å². The van der Waals surface area contributed by atoms with Gasteiger partial charge in [0.15, 0.2) is 0 Å². The molecule has 0 aromatic heterocycles. The van der Waals surface area contributed by atoms with E-state index in [2.05, 4.69) is 5.32 Å². The van der Waals surface area contributed by atoms with E-state index < -0.39 is 34.3 Å². The van der Waals surface area contributed by atoms with Gasteiger partial charge in [0, 0.05) is 38.1 Å². The van der Waals surface area contributed by atoms with Crippen molar-refractivity contribution in [2.75, 3.05) is 39.0 Å². The maximum Gasteiger partial charge on any atom is 0.327 e. The molecule has 4 fully saturated rings. The van der Waals surface area contributed by atoms with Crippen LogP contribution in [0.4, 0.5) is 14.0 Å². The van der Waals surface area contributed by atoms with Gasteiger partial charge in [-0.25, -0.2) is 22.4 Å². The van der Waals surface area contributed by atoms with Crippen molar-refractivity contribution in [3.8, 4) is 0 Å². The minimum absolute atomic E-state index is 0.0504. The maximum absolute atomic E-state index is 14.6. The van der Waals surface area contributed by atoms with Crippen LogP contribution in [0.2, 0.25) is 0 Å². The summed E-state index contributed by atoms with van der Waals surface area (Å²) in [4.78, 5) is 43.2. The second kappa shape index (κ2) is 8.49. The fourth-order valence-corrected chi connectivity index (χ4v) is 6.07. The Balaban J connectivity index is 1.19. The van der Waals surface area contributed by atoms with Gasteiger partial charge in [-0.3, -0.25) is 9.69 Å². The zero-order chi connectivity index (χ0) is 24.2. The summed E-state index contributed by atoms with van der Waals surface area (Å²) in [6.07, 6.45) is 0.405. The molecule has 12 heteroatoms. The fraction of sp³-hybridized carbons (Fsp3) is 0.591. The van der Waals surface area contributed by atoms with Crippen LogP contribution in [0, 0.1) is 0 Å². The molecule has 0 spiro atoms. The lowest BCUT2D eigenvalue weighted by Crippen LogP contribution is -2.60. The molecular weight excluding hydrogens is 465 g/mol. The molecule has 5 amide bonds. The molecule has 1 aromatic carbocycles. The van der Waals surface area contributed by atoms with E-state index in [-0.39, 0.29) is 63.0 Å². The van der Waals surface area contributed by atoms with E-state index >= 15 is 0 Å². The molecule has 4 aliphatic rings. The number of carbonyl (C=O) groups is 3. The first-order valence-electron chi connectivity index (χ1n) is 11.5. The standard InChI is InChI=1S/C22H28FN5O5S/c1-34(32,33)26-8-7-17(16(23)12-26)24-21(30)25-9-10-27-19(13-25)20(29)28(22(27)31)18-11-15(18)14-5-3-2-4-6-14/h2-6,15-19H,7-13H2,1H3,(H,24,30)/t15-,16-,17-,18+,19+/m1/s1. The van der Waals surface area contributed by atoms with Gasteiger partial charge >= 0.3 is 12.1 Å². The first-order chi connectivity index (χ1) is 16.1. The largest absolute Gasteiger partial charge is 0.332 e. The fourth-order valence-electron chi connectivity index (χ4n) is 5.22. The minimum atomic E-state index is -3.49. The lowest BCUT2D eigenvalue weighted by molar-refractivity contribution is -0.129. The number of hydrogen-bond donors (Lipinski definition) is 1. The summed E-state index contributed by atoms with van der Waals surface area (Å²) < 4.78 is 38.9. The first-order valence-corrected chi connectivity index (χ1v) is 13.3. The van der Waals surface area contributed by atoms with Gasteiger partial charge in [-0.05, 0) is 18.4 Å². The third-order valence-corrected chi connectivity index (χ3v) is 8.51. The summed E-state index contributed by atoms with van der Waals surface area (Å²) in [5, 5.41) is 2.65. The van der Waals surface area contributed by atoms with Crippen LogP contribution in [0.15, 0.2) is 30.3 Å². The molecule has 1 aliphatic carbocycles. The molecule has 0 radical (unpaired) electrons. The van der Waals surface area contributed by atoms with Gasteiger partial charge in [0.1, 0.15) is 12.2 Å². The molecule has 3 heterocycles. The number of nitrogens with zero attached hydrogens (tertiary/aromatic N) is 4. The number of amides is 5. The van der Waals surface area contributed by atoms with E-state index in [1.807, 2.05) is 30.3 Å². The van der Waals surface area contributed by atoms with Crippen molar-refractivity contribution in [1.82, 2.24) is 24.3 Å². The van der Waals surface area contributed by atoms with Crippen molar-refractivity contribution < 1.29 is 27.2 Å². The van der Waals surface area contributed by atoms with Crippen LogP contribution in [-0.4, -0.2) is 109 Å². The second-order valence-corrected chi connectivity index (χ2v) is 11.4. The van der Waals surface area contributed by atoms with Gasteiger partial charge in [-0.15, -0.1) is 0 Å². The number of hydrogen-bond acceptors (Lipinski definition) is 5. The Morgan fingerprint density at radius 1 is 1.09 bits per heavy atom. The van der Waals surface area contributed by atoms with Crippen LogP contribution in [0.25, 0.3) is 0 Å². The molecule has 5 rings (SSSR count). The third-order valence-electron chi connectivity index (χ3n) is 7.24. The number of piperazine rings is 1. The number of benzene rings is 1. The highest BCUT2D eigenvalue weighted by molar-refractivity contribution is 7.88. The van der Waals surface area contributed by atoms with E-state index in [0.717, 1.165) is 22.5 Å². The number of piperidine rings is 1. The molecule has 10 nitrogen and oxygen atoms in total. The average molecular weight is 494 g/mol. The van der Waals surface area contributed by atoms with E-state index in [4.69, 9.17) is 0 Å². The van der Waals surface area contributed by atoms with Crippen LogP contribution in [-0.2, 0) is 14.8 Å². The Bertz CT molecular complexity index is 1100. The molecule has 1 N–H and O–H groups in total. The number of rotatable bonds is 4. The highest BCUT2D eigenvalue weighted by atomic mass is 32.2. The minimum Gasteiger partial charge on any atom is -0.332 e. The van der Waals surface area contributed by atoms with Gasteiger partial charge in [0.05, 0.1) is 18.8 Å². The van der Waals surface area contributed by atoms with Crippen LogP contribution in [0.5, 0.6) is 0 Å². The highest BCUT2D eigenvalue weighted by Gasteiger charge is 2.56. The van der Waals surface area contributed by atoms with E-state index in [0.29, 0.717) is 0 Å². The predicted molar refractivity (Wildman–Crippen MR) is 120 cm³/mol. The molecule has 184 valence electrons. The molecule has 1 saturated carbocycles. The summed E-state index contributed by atoms with van der Waals surface area (Å²) in [6, 6.07) is 7.26. The van der Waals surface area contributed by atoms with E-state index in [1.54, 1.807) is 0 Å². The third kappa shape index (κ3) is 4.13. The topological polar surface area (TPSA) is 110 Å². The molecule has 1 aromatic rings. The number of nitrogens with one attached hydrogen (secondary N) is 1. The van der Waals surface area contributed by atoms with Crippen LogP contribution in [0.3, 0.4) is 0 Å². The Morgan fingerprint density at radius 2 is 1.82 bits per heavy atom. The summed E-state index contributed by atoms with van der Waals surface area (Å²) in [6.45, 7) is 0.349. The highest BCUT2D eigenvalue weighted by Crippen LogP contribution is 2.46. The summed E-state index contributed by atoms with van der Waals surface area (Å²) >= 11 is 0. The number of alkyl halides is 1. The Hall–Kier alpha value is -2.73. The summed E-state index contributed by atoms with van der Waals surface area (Å²) in [5.74, 6) is -0.162. The maximum atomic E-state index is 14.6. The molecular formula is C22H28FN5O5S. The molecule has 5 atom stereocenters. The number of sulfonamides is 1. The zero-order valence-corrected chi connectivity index (χ0v) is 19.7. The van der Waals surface area contributed by atoms with Crippen molar-refractivity contribution in [2.45, 2.75) is 43.1 Å². The summed E-state index contributed by atoms with van der Waals surface area (Å²) in [7, 11) is -3.49. The van der Waals surface area contributed by atoms with Gasteiger partial charge in [-0.1, -0.05) is 30.3 Å². The van der Waals surface area contributed by atoms with Crippen molar-refractivity contribution >= 4 is 28.0 Å². The number of fused-ring (bicyclic) bond motifs is 1. The zero-order valence-electron chi connectivity index (χ0n) is 18.8. The first kappa shape index (κ1) is 23.0. The molecule has 34 heavy (non-hydrogen) atoms. The Labute approximate surface area is 197 Å². The van der Waals surface area contributed by atoms with Crippen molar-refractivity contribution in [3.63, 3.8) is 0 Å². The Morgan fingerprint density at radius 3 is 2.50 bits per heavy atom. The van der Waals surface area contributed by atoms with Gasteiger partial charge in [-0.2, -0.15) is 4.31 Å². The van der Waals surface area contributed by atoms with Gasteiger partial charge in [0.2, 0.25) is 10.0 Å². The smallest absolute Gasteiger partial charge is 0.327 e. The van der Waals surface area contributed by atoms with Crippen LogP contribution >= 0.6 is 0 Å². The molecule has 3 saturated heterocycles. The van der Waals surface area contributed by atoms with Crippen molar-refractivity contribution in [2.24, 2.45) is 0 Å². The lowest BCUT2D eigenvalue weighted by atomic mass is 10.1. The molecule has 0 unspecified atom stereocenters. The average Bonchev–Trinajstić information content (AvgIpc) is 3.55. The SMILES string of the molecule is CS(=O)(=O)N1CC[C@@H](NC(=O)N2CCN3C(=O)N([C@H]4C[C@@H]4c4ccccc4)C(=O)[C@@H]3C2)[C@H](F)C1. The van der Waals surface area contributed by atoms with Crippen molar-refractivity contribution in [1.29, 1.82) is 0 Å². The quantitative estimate of drug-likeness (QED) is 0.617. The van der Waals surface area contributed by atoms with Gasteiger partial charge in [0.25, 0.3) is 5.91 Å². The van der Waals surface area contributed by atoms with Crippen LogP contribution < -0.4 is 5.32 Å². The molecule has 0 bridgehead atoms. The van der Waals surface area contributed by atoms with E-state index in [9.17, 15) is 27.2 Å². The number of urea groups is 2. The van der Waals surface area contributed by atoms with Crippen LogP contribution in [0.1, 0.15) is 24.3 Å².